The highest BCUT2D eigenvalue weighted by atomic mass is 32.1. The maximum atomic E-state index is 6.47. The minimum atomic E-state index is 0.331. The number of fused-ring (bicyclic) bond motifs is 1. The fourth-order valence-electron chi connectivity index (χ4n) is 3.86. The molecule has 3 unspecified atom stereocenters. The lowest BCUT2D eigenvalue weighted by atomic mass is 9.85. The van der Waals surface area contributed by atoms with Crippen LogP contribution in [0, 0.1) is 11.3 Å². The Balaban J connectivity index is 1.69. The molecule has 2 nitrogen and oxygen atoms in total. The van der Waals surface area contributed by atoms with E-state index in [0.717, 1.165) is 0 Å². The molecule has 2 aliphatic rings. The largest absolute Gasteiger partial charge is 0.327 e. The summed E-state index contributed by atoms with van der Waals surface area (Å²) in [6.45, 7) is 9.40. The number of nitrogens with zero attached hydrogens (tertiary/aromatic N) is 1. The molecule has 1 aromatic heterocycles. The summed E-state index contributed by atoms with van der Waals surface area (Å²) in [6.07, 6.45) is 3.81. The van der Waals surface area contributed by atoms with Crippen molar-refractivity contribution in [3.8, 4) is 0 Å². The zero-order valence-electron chi connectivity index (χ0n) is 12.4. The Morgan fingerprint density at radius 2 is 2.26 bits per heavy atom. The second-order valence-electron chi connectivity index (χ2n) is 7.03. The van der Waals surface area contributed by atoms with Crippen molar-refractivity contribution in [2.75, 3.05) is 13.1 Å². The van der Waals surface area contributed by atoms with Gasteiger partial charge < -0.3 is 5.73 Å². The lowest BCUT2D eigenvalue weighted by Crippen LogP contribution is -2.44. The van der Waals surface area contributed by atoms with Crippen molar-refractivity contribution >= 4 is 11.3 Å². The van der Waals surface area contributed by atoms with Crippen LogP contribution in [0.2, 0.25) is 0 Å². The first-order valence-electron chi connectivity index (χ1n) is 7.55. The Kier molecular flexibility index (Phi) is 3.48. The number of hydrogen-bond donors (Lipinski definition) is 1. The van der Waals surface area contributed by atoms with Gasteiger partial charge in [0.25, 0.3) is 0 Å². The summed E-state index contributed by atoms with van der Waals surface area (Å²) in [5.41, 5.74) is 8.36. The van der Waals surface area contributed by atoms with Crippen molar-refractivity contribution in [3.63, 3.8) is 0 Å². The van der Waals surface area contributed by atoms with Crippen molar-refractivity contribution in [3.05, 3.63) is 21.9 Å². The molecule has 1 fully saturated rings. The number of thiophene rings is 1. The Bertz CT molecular complexity index is 451. The molecule has 3 rings (SSSR count). The van der Waals surface area contributed by atoms with Crippen LogP contribution in [0.1, 0.15) is 50.1 Å². The molecule has 2 N–H and O–H groups in total. The van der Waals surface area contributed by atoms with E-state index in [1.165, 1.54) is 32.4 Å². The fourth-order valence-corrected chi connectivity index (χ4v) is 4.82. The highest BCUT2D eigenvalue weighted by Gasteiger charge is 2.40. The van der Waals surface area contributed by atoms with Gasteiger partial charge >= 0.3 is 0 Å². The molecule has 3 atom stereocenters. The van der Waals surface area contributed by atoms with Gasteiger partial charge in [-0.25, -0.2) is 0 Å². The predicted molar refractivity (Wildman–Crippen MR) is 82.5 cm³/mol. The smallest absolute Gasteiger partial charge is 0.0331 e. The van der Waals surface area contributed by atoms with Crippen molar-refractivity contribution in [2.24, 2.45) is 17.1 Å². The van der Waals surface area contributed by atoms with Crippen LogP contribution >= 0.6 is 11.3 Å². The Morgan fingerprint density at radius 3 is 2.95 bits per heavy atom. The van der Waals surface area contributed by atoms with Crippen LogP contribution in [0.3, 0.4) is 0 Å². The molecule has 1 saturated carbocycles. The van der Waals surface area contributed by atoms with Gasteiger partial charge in [0.2, 0.25) is 0 Å². The summed E-state index contributed by atoms with van der Waals surface area (Å²) in [7, 11) is 0. The molecule has 1 aliphatic heterocycles. The van der Waals surface area contributed by atoms with Crippen LogP contribution in [-0.2, 0) is 6.42 Å². The van der Waals surface area contributed by atoms with E-state index in [4.69, 9.17) is 5.73 Å². The number of rotatable bonds is 2. The summed E-state index contributed by atoms with van der Waals surface area (Å²) < 4.78 is 0. The normalized spacial score (nSPS) is 34.4. The van der Waals surface area contributed by atoms with Crippen molar-refractivity contribution in [2.45, 2.75) is 52.1 Å². The summed E-state index contributed by atoms with van der Waals surface area (Å²) in [5, 5.41) is 2.25. The Morgan fingerprint density at radius 1 is 1.47 bits per heavy atom. The monoisotopic (exact) mass is 278 g/mol. The highest BCUT2D eigenvalue weighted by Crippen LogP contribution is 2.42. The second kappa shape index (κ2) is 4.87. The van der Waals surface area contributed by atoms with Crippen LogP contribution in [0.4, 0.5) is 0 Å². The van der Waals surface area contributed by atoms with Crippen LogP contribution < -0.4 is 5.73 Å². The maximum Gasteiger partial charge on any atom is 0.0331 e. The van der Waals surface area contributed by atoms with Gasteiger partial charge in [0.05, 0.1) is 0 Å². The molecule has 0 amide bonds. The van der Waals surface area contributed by atoms with Crippen molar-refractivity contribution in [1.29, 1.82) is 0 Å². The van der Waals surface area contributed by atoms with Crippen LogP contribution in [-0.4, -0.2) is 24.0 Å². The average Bonchev–Trinajstić information content (AvgIpc) is 2.93. The van der Waals surface area contributed by atoms with Gasteiger partial charge in [-0.15, -0.1) is 11.3 Å². The lowest BCUT2D eigenvalue weighted by molar-refractivity contribution is 0.155. The summed E-state index contributed by atoms with van der Waals surface area (Å²) in [4.78, 5) is 4.25. The maximum absolute atomic E-state index is 6.47. The molecule has 106 valence electrons. The van der Waals surface area contributed by atoms with E-state index in [1.54, 1.807) is 10.4 Å². The molecule has 0 aromatic carbocycles. The van der Waals surface area contributed by atoms with Gasteiger partial charge in [0, 0.05) is 30.1 Å². The van der Waals surface area contributed by atoms with Crippen LogP contribution in [0.15, 0.2) is 11.4 Å². The molecule has 0 radical (unpaired) electrons. The number of nitrogens with two attached hydrogens (primary N) is 1. The third-order valence-corrected chi connectivity index (χ3v) is 6.44. The fraction of sp³-hybridized carbons (Fsp3) is 0.750. The van der Waals surface area contributed by atoms with Crippen LogP contribution in [0.5, 0.6) is 0 Å². The van der Waals surface area contributed by atoms with E-state index in [0.29, 0.717) is 23.4 Å². The van der Waals surface area contributed by atoms with Gasteiger partial charge in [-0.3, -0.25) is 4.90 Å². The molecule has 1 aromatic rings. The van der Waals surface area contributed by atoms with Crippen molar-refractivity contribution < 1.29 is 0 Å². The van der Waals surface area contributed by atoms with E-state index in [1.807, 2.05) is 11.3 Å². The third-order valence-electron chi connectivity index (χ3n) is 5.44. The molecule has 0 saturated heterocycles. The second-order valence-corrected chi connectivity index (χ2v) is 8.03. The Hall–Kier alpha value is -0.380. The minimum Gasteiger partial charge on any atom is -0.327 e. The molecule has 3 heteroatoms. The molecule has 0 bridgehead atoms. The predicted octanol–water partition coefficient (Wildman–Crippen LogP) is 3.43. The summed E-state index contributed by atoms with van der Waals surface area (Å²) in [6, 6.07) is 3.25. The van der Waals surface area contributed by atoms with Gasteiger partial charge in [0.15, 0.2) is 0 Å². The van der Waals surface area contributed by atoms with E-state index in [9.17, 15) is 0 Å². The first kappa shape index (κ1) is 13.6. The summed E-state index contributed by atoms with van der Waals surface area (Å²) in [5.74, 6) is 0.678. The summed E-state index contributed by atoms with van der Waals surface area (Å²) >= 11 is 1.92. The first-order chi connectivity index (χ1) is 8.99. The van der Waals surface area contributed by atoms with Crippen molar-refractivity contribution in [1.82, 2.24) is 4.90 Å². The van der Waals surface area contributed by atoms with E-state index >= 15 is 0 Å². The molecular weight excluding hydrogens is 252 g/mol. The Labute approximate surface area is 121 Å². The zero-order chi connectivity index (χ0) is 13.6. The quantitative estimate of drug-likeness (QED) is 0.898. The average molecular weight is 278 g/mol. The van der Waals surface area contributed by atoms with Gasteiger partial charge in [0.1, 0.15) is 0 Å². The topological polar surface area (TPSA) is 29.3 Å². The number of hydrogen-bond acceptors (Lipinski definition) is 3. The standard InChI is InChI=1S/C16H26N2S/c1-11-13-6-9-19-14(13)5-8-18(11)10-12-4-7-16(2,3)15(12)17/h6,9,11-12,15H,4-5,7-8,10,17H2,1-3H3. The van der Waals surface area contributed by atoms with Gasteiger partial charge in [-0.05, 0) is 54.5 Å². The van der Waals surface area contributed by atoms with Gasteiger partial charge in [-0.2, -0.15) is 0 Å². The molecular formula is C16H26N2S. The van der Waals surface area contributed by atoms with E-state index < -0.39 is 0 Å². The molecule has 2 heterocycles. The SMILES string of the molecule is CC1c2ccsc2CCN1CC1CCC(C)(C)C1N. The highest BCUT2D eigenvalue weighted by molar-refractivity contribution is 7.10. The van der Waals surface area contributed by atoms with E-state index in [-0.39, 0.29) is 0 Å². The molecule has 0 spiro atoms. The lowest BCUT2D eigenvalue weighted by Gasteiger charge is -2.37. The van der Waals surface area contributed by atoms with E-state index in [2.05, 4.69) is 37.1 Å². The zero-order valence-corrected chi connectivity index (χ0v) is 13.2. The minimum absolute atomic E-state index is 0.331. The van der Waals surface area contributed by atoms with Crippen LogP contribution in [0.25, 0.3) is 0 Å². The molecule has 1 aliphatic carbocycles. The first-order valence-corrected chi connectivity index (χ1v) is 8.43. The third kappa shape index (κ3) is 2.37. The molecule has 19 heavy (non-hydrogen) atoms. The van der Waals surface area contributed by atoms with Gasteiger partial charge in [-0.1, -0.05) is 13.8 Å².